The van der Waals surface area contributed by atoms with Crippen LogP contribution in [0.25, 0.3) is 0 Å². The van der Waals surface area contributed by atoms with E-state index in [0.29, 0.717) is 16.2 Å². The predicted molar refractivity (Wildman–Crippen MR) is 78.5 cm³/mol. The van der Waals surface area contributed by atoms with Gasteiger partial charge in [-0.15, -0.1) is 0 Å². The first kappa shape index (κ1) is 14.3. The Morgan fingerprint density at radius 2 is 1.65 bits per heavy atom. The molecule has 104 valence electrons. The summed E-state index contributed by atoms with van der Waals surface area (Å²) in [5.74, 6) is 0.187. The quantitative estimate of drug-likeness (QED) is 0.872. The van der Waals surface area contributed by atoms with Gasteiger partial charge in [0.25, 0.3) is 5.91 Å². The van der Waals surface area contributed by atoms with Gasteiger partial charge in [-0.25, -0.2) is 4.21 Å². The molecule has 1 amide bonds. The van der Waals surface area contributed by atoms with Crippen LogP contribution in [0.4, 0.5) is 0 Å². The highest BCUT2D eigenvalue weighted by molar-refractivity contribution is 7.93. The molecule has 0 aromatic heterocycles. The number of carbonyl (C=O) groups excluding carboxylic acids is 1. The largest absolute Gasteiger partial charge is 0.497 e. The number of rotatable bonds is 3. The van der Waals surface area contributed by atoms with Crippen LogP contribution in [0.5, 0.6) is 5.75 Å². The molecule has 0 aliphatic heterocycles. The van der Waals surface area contributed by atoms with Crippen molar-refractivity contribution in [3.05, 3.63) is 60.2 Å². The number of hydrogen-bond donors (Lipinski definition) is 0. The van der Waals surface area contributed by atoms with Gasteiger partial charge in [-0.2, -0.15) is 4.36 Å². The van der Waals surface area contributed by atoms with E-state index in [2.05, 4.69) is 4.36 Å². The zero-order valence-electron chi connectivity index (χ0n) is 11.3. The smallest absolute Gasteiger partial charge is 0.285 e. The van der Waals surface area contributed by atoms with Gasteiger partial charge in [0, 0.05) is 16.7 Å². The highest BCUT2D eigenvalue weighted by atomic mass is 32.2. The van der Waals surface area contributed by atoms with Gasteiger partial charge in [0.05, 0.1) is 16.8 Å². The number of nitrogens with zero attached hydrogens (tertiary/aromatic N) is 1. The Hall–Kier alpha value is -2.14. The van der Waals surface area contributed by atoms with E-state index >= 15 is 0 Å². The summed E-state index contributed by atoms with van der Waals surface area (Å²) in [5.41, 5.74) is 0.426. The number of hydrogen-bond acceptors (Lipinski definition) is 3. The Bertz CT molecular complexity index is 715. The fraction of sp³-hybridized carbons (Fsp3) is 0.133. The third-order valence-corrected chi connectivity index (χ3v) is 4.44. The molecule has 0 fully saturated rings. The van der Waals surface area contributed by atoms with Crippen molar-refractivity contribution in [1.82, 2.24) is 0 Å². The fourth-order valence-corrected chi connectivity index (χ4v) is 2.84. The van der Waals surface area contributed by atoms with Gasteiger partial charge in [-0.1, -0.05) is 18.2 Å². The number of carbonyl (C=O) groups is 1. The molecule has 2 aromatic carbocycles. The number of ether oxygens (including phenoxy) is 1. The summed E-state index contributed by atoms with van der Waals surface area (Å²) in [4.78, 5) is 12.5. The van der Waals surface area contributed by atoms with Crippen LogP contribution in [0, 0.1) is 0 Å². The molecule has 0 saturated heterocycles. The second kappa shape index (κ2) is 5.88. The predicted octanol–water partition coefficient (Wildman–Crippen LogP) is 2.99. The summed E-state index contributed by atoms with van der Waals surface area (Å²) in [6.45, 7) is 0. The minimum absolute atomic E-state index is 0.426. The van der Waals surface area contributed by atoms with Crippen molar-refractivity contribution in [2.24, 2.45) is 4.36 Å². The van der Waals surface area contributed by atoms with Crippen LogP contribution in [0.1, 0.15) is 10.4 Å². The second-order valence-corrected chi connectivity index (χ2v) is 6.50. The molecule has 2 aromatic rings. The summed E-state index contributed by atoms with van der Waals surface area (Å²) in [5, 5.41) is 0. The van der Waals surface area contributed by atoms with Gasteiger partial charge in [-0.3, -0.25) is 4.79 Å². The lowest BCUT2D eigenvalue weighted by atomic mass is 10.2. The number of amides is 1. The molecule has 0 bridgehead atoms. The molecule has 0 spiro atoms. The van der Waals surface area contributed by atoms with Gasteiger partial charge in [0.1, 0.15) is 5.75 Å². The van der Waals surface area contributed by atoms with Crippen LogP contribution in [0.2, 0.25) is 0 Å². The molecule has 0 heterocycles. The van der Waals surface area contributed by atoms with Gasteiger partial charge in [0.2, 0.25) is 0 Å². The highest BCUT2D eigenvalue weighted by Crippen LogP contribution is 2.17. The Morgan fingerprint density at radius 1 is 1.05 bits per heavy atom. The van der Waals surface area contributed by atoms with Crippen molar-refractivity contribution in [3.8, 4) is 5.75 Å². The fourth-order valence-electron chi connectivity index (χ4n) is 1.67. The lowest BCUT2D eigenvalue weighted by molar-refractivity contribution is 0.100. The molecule has 5 heteroatoms. The van der Waals surface area contributed by atoms with Crippen molar-refractivity contribution in [2.45, 2.75) is 4.90 Å². The van der Waals surface area contributed by atoms with Crippen LogP contribution in [0.15, 0.2) is 63.9 Å². The minimum Gasteiger partial charge on any atom is -0.497 e. The number of benzene rings is 2. The summed E-state index contributed by atoms with van der Waals surface area (Å²) >= 11 is 0. The van der Waals surface area contributed by atoms with Crippen molar-refractivity contribution in [3.63, 3.8) is 0 Å². The van der Waals surface area contributed by atoms with Crippen LogP contribution in [0.3, 0.4) is 0 Å². The van der Waals surface area contributed by atoms with Gasteiger partial charge in [-0.05, 0) is 36.4 Å². The maximum Gasteiger partial charge on any atom is 0.285 e. The molecular weight excluding hydrogens is 274 g/mol. The average Bonchev–Trinajstić information content (AvgIpc) is 2.48. The van der Waals surface area contributed by atoms with E-state index in [1.165, 1.54) is 6.26 Å². The topological polar surface area (TPSA) is 55.7 Å². The maximum atomic E-state index is 12.5. The molecule has 0 radical (unpaired) electrons. The van der Waals surface area contributed by atoms with E-state index < -0.39 is 15.6 Å². The molecule has 0 saturated carbocycles. The van der Waals surface area contributed by atoms with Crippen LogP contribution in [-0.2, 0) is 9.73 Å². The molecule has 1 atom stereocenters. The van der Waals surface area contributed by atoms with E-state index in [1.807, 2.05) is 6.07 Å². The second-order valence-electron chi connectivity index (χ2n) is 4.24. The molecule has 2 rings (SSSR count). The van der Waals surface area contributed by atoms with E-state index in [4.69, 9.17) is 4.74 Å². The van der Waals surface area contributed by atoms with Gasteiger partial charge >= 0.3 is 0 Å². The molecular formula is C15H15NO3S. The molecule has 0 aliphatic carbocycles. The van der Waals surface area contributed by atoms with Crippen molar-refractivity contribution in [1.29, 1.82) is 0 Å². The summed E-state index contributed by atoms with van der Waals surface area (Å²) < 4.78 is 21.4. The zero-order valence-corrected chi connectivity index (χ0v) is 12.1. The van der Waals surface area contributed by atoms with E-state index in [9.17, 15) is 9.00 Å². The number of methoxy groups -OCH3 is 1. The molecule has 1 unspecified atom stereocenters. The first-order chi connectivity index (χ1) is 9.53. The van der Waals surface area contributed by atoms with Crippen molar-refractivity contribution in [2.75, 3.05) is 13.4 Å². The molecule has 4 nitrogen and oxygen atoms in total. The molecule has 0 N–H and O–H groups in total. The van der Waals surface area contributed by atoms with Crippen molar-refractivity contribution >= 4 is 15.6 Å². The lowest BCUT2D eigenvalue weighted by Crippen LogP contribution is -2.03. The van der Waals surface area contributed by atoms with Crippen LogP contribution in [-0.4, -0.2) is 23.5 Å². The Morgan fingerprint density at radius 3 is 2.20 bits per heavy atom. The average molecular weight is 289 g/mol. The zero-order chi connectivity index (χ0) is 14.6. The van der Waals surface area contributed by atoms with E-state index in [-0.39, 0.29) is 0 Å². The Balaban J connectivity index is 2.36. The normalized spacial score (nSPS) is 13.3. The standard InChI is InChI=1S/C15H15NO3S/c1-19-13-8-10-14(11-9-13)20(2,18)16-15(17)12-6-4-3-5-7-12/h3-11H,1-2H3. The van der Waals surface area contributed by atoms with Crippen molar-refractivity contribution < 1.29 is 13.7 Å². The molecule has 0 aliphatic rings. The van der Waals surface area contributed by atoms with Crippen LogP contribution >= 0.6 is 0 Å². The van der Waals surface area contributed by atoms with E-state index in [1.54, 1.807) is 55.6 Å². The molecule has 20 heavy (non-hydrogen) atoms. The van der Waals surface area contributed by atoms with E-state index in [0.717, 1.165) is 0 Å². The highest BCUT2D eigenvalue weighted by Gasteiger charge is 2.11. The third-order valence-electron chi connectivity index (χ3n) is 2.77. The SMILES string of the molecule is COc1ccc(S(C)(=O)=NC(=O)c2ccccc2)cc1. The summed E-state index contributed by atoms with van der Waals surface area (Å²) in [6.07, 6.45) is 1.45. The maximum absolute atomic E-state index is 12.5. The minimum atomic E-state index is -2.76. The van der Waals surface area contributed by atoms with Crippen LogP contribution < -0.4 is 4.74 Å². The van der Waals surface area contributed by atoms with Gasteiger partial charge in [0.15, 0.2) is 0 Å². The third kappa shape index (κ3) is 3.24. The lowest BCUT2D eigenvalue weighted by Gasteiger charge is -2.05. The monoisotopic (exact) mass is 289 g/mol. The first-order valence-electron chi connectivity index (χ1n) is 5.98. The van der Waals surface area contributed by atoms with Gasteiger partial charge < -0.3 is 4.74 Å². The Kier molecular flexibility index (Phi) is 4.20. The first-order valence-corrected chi connectivity index (χ1v) is 7.91. The summed E-state index contributed by atoms with van der Waals surface area (Å²) in [7, 11) is -1.21. The summed E-state index contributed by atoms with van der Waals surface area (Å²) in [6, 6.07) is 15.3. The Labute approximate surface area is 118 Å².